The number of nitrogens with one attached hydrogen (secondary N) is 1. The summed E-state index contributed by atoms with van der Waals surface area (Å²) in [6.07, 6.45) is -2.72. The van der Waals surface area contributed by atoms with Gasteiger partial charge in [-0.15, -0.1) is 0 Å². The second kappa shape index (κ2) is 9.82. The van der Waals surface area contributed by atoms with Gasteiger partial charge in [0, 0.05) is 31.5 Å². The number of methoxy groups -OCH3 is 1. The highest BCUT2D eigenvalue weighted by molar-refractivity contribution is 5.94. The van der Waals surface area contributed by atoms with Crippen LogP contribution in [0.25, 0.3) is 0 Å². The summed E-state index contributed by atoms with van der Waals surface area (Å²) in [7, 11) is 1.67. The number of halogens is 3. The Morgan fingerprint density at radius 1 is 1.10 bits per heavy atom. The molecule has 0 radical (unpaired) electrons. The molecule has 1 N–H and O–H groups in total. The molecular formula is C22H23F3N2O4. The summed E-state index contributed by atoms with van der Waals surface area (Å²) in [5, 5.41) is 2.37. The second-order valence-electron chi connectivity index (χ2n) is 7.17. The fraction of sp³-hybridized carbons (Fsp3) is 0.364. The molecule has 2 amide bonds. The summed E-state index contributed by atoms with van der Waals surface area (Å²) < 4.78 is 48.9. The summed E-state index contributed by atoms with van der Waals surface area (Å²) in [5.74, 6) is -0.308. The van der Waals surface area contributed by atoms with E-state index in [1.807, 2.05) is 0 Å². The zero-order valence-electron chi connectivity index (χ0n) is 16.9. The average Bonchev–Trinajstić information content (AvgIpc) is 2.77. The van der Waals surface area contributed by atoms with E-state index in [0.29, 0.717) is 24.4 Å². The number of ether oxygens (including phenoxy) is 2. The van der Waals surface area contributed by atoms with Crippen LogP contribution in [0, 0.1) is 0 Å². The molecule has 0 atom stereocenters. The molecule has 2 aromatic carbocycles. The van der Waals surface area contributed by atoms with E-state index in [1.54, 1.807) is 36.3 Å². The topological polar surface area (TPSA) is 67.9 Å². The number of amides is 2. The first kappa shape index (κ1) is 22.6. The van der Waals surface area contributed by atoms with Crippen molar-refractivity contribution in [3.63, 3.8) is 0 Å². The number of alkyl halides is 3. The van der Waals surface area contributed by atoms with Crippen molar-refractivity contribution >= 4 is 17.5 Å². The van der Waals surface area contributed by atoms with Crippen molar-refractivity contribution in [2.45, 2.75) is 25.1 Å². The normalized spacial score (nSPS) is 14.9. The maximum Gasteiger partial charge on any atom is 0.416 e. The minimum Gasteiger partial charge on any atom is -0.484 e. The largest absolute Gasteiger partial charge is 0.484 e. The molecule has 0 unspecified atom stereocenters. The van der Waals surface area contributed by atoms with Gasteiger partial charge < -0.3 is 19.7 Å². The predicted molar refractivity (Wildman–Crippen MR) is 108 cm³/mol. The Balaban J connectivity index is 1.50. The third-order valence-corrected chi connectivity index (χ3v) is 5.01. The molecule has 1 saturated heterocycles. The summed E-state index contributed by atoms with van der Waals surface area (Å²) in [6, 6.07) is 10.7. The number of anilines is 1. The molecule has 1 aliphatic heterocycles. The van der Waals surface area contributed by atoms with Crippen molar-refractivity contribution < 1.29 is 32.2 Å². The molecule has 1 heterocycles. The number of benzene rings is 2. The van der Waals surface area contributed by atoms with Crippen LogP contribution in [0.5, 0.6) is 5.75 Å². The van der Waals surface area contributed by atoms with Gasteiger partial charge in [-0.05, 0) is 55.3 Å². The number of hydrogen-bond acceptors (Lipinski definition) is 4. The van der Waals surface area contributed by atoms with Crippen LogP contribution < -0.4 is 10.1 Å². The number of hydrogen-bond donors (Lipinski definition) is 1. The van der Waals surface area contributed by atoms with Crippen molar-refractivity contribution in [1.29, 1.82) is 0 Å². The first-order valence-corrected chi connectivity index (χ1v) is 9.78. The Labute approximate surface area is 177 Å². The minimum absolute atomic E-state index is 0.0293. The molecule has 2 aromatic rings. The molecule has 166 valence electrons. The van der Waals surface area contributed by atoms with E-state index in [-0.39, 0.29) is 24.3 Å². The maximum atomic E-state index is 12.7. The van der Waals surface area contributed by atoms with Gasteiger partial charge in [0.05, 0.1) is 11.7 Å². The highest BCUT2D eigenvalue weighted by Crippen LogP contribution is 2.30. The van der Waals surface area contributed by atoms with Crippen LogP contribution in [0.4, 0.5) is 18.9 Å². The van der Waals surface area contributed by atoms with Gasteiger partial charge in [-0.3, -0.25) is 9.59 Å². The summed E-state index contributed by atoms with van der Waals surface area (Å²) in [4.78, 5) is 26.3. The molecule has 1 aliphatic rings. The Hall–Kier alpha value is -3.07. The van der Waals surface area contributed by atoms with Crippen LogP contribution in [0.3, 0.4) is 0 Å². The van der Waals surface area contributed by atoms with E-state index in [0.717, 1.165) is 25.0 Å². The zero-order chi connectivity index (χ0) is 22.4. The van der Waals surface area contributed by atoms with E-state index in [4.69, 9.17) is 9.47 Å². The predicted octanol–water partition coefficient (Wildman–Crippen LogP) is 3.97. The van der Waals surface area contributed by atoms with Gasteiger partial charge in [-0.2, -0.15) is 13.2 Å². The van der Waals surface area contributed by atoms with Crippen molar-refractivity contribution in [3.8, 4) is 5.75 Å². The zero-order valence-corrected chi connectivity index (χ0v) is 16.9. The van der Waals surface area contributed by atoms with Gasteiger partial charge in [-0.25, -0.2) is 0 Å². The number of carbonyl (C=O) groups is 2. The fourth-order valence-corrected chi connectivity index (χ4v) is 3.29. The molecule has 0 aliphatic carbocycles. The van der Waals surface area contributed by atoms with Gasteiger partial charge >= 0.3 is 6.18 Å². The van der Waals surface area contributed by atoms with E-state index >= 15 is 0 Å². The molecular weight excluding hydrogens is 413 g/mol. The summed E-state index contributed by atoms with van der Waals surface area (Å²) >= 11 is 0. The lowest BCUT2D eigenvalue weighted by Gasteiger charge is -2.31. The van der Waals surface area contributed by atoms with Crippen LogP contribution >= 0.6 is 0 Å². The van der Waals surface area contributed by atoms with Crippen molar-refractivity contribution in [1.82, 2.24) is 4.90 Å². The maximum absolute atomic E-state index is 12.7. The van der Waals surface area contributed by atoms with Gasteiger partial charge in [0.2, 0.25) is 0 Å². The Morgan fingerprint density at radius 2 is 1.77 bits per heavy atom. The van der Waals surface area contributed by atoms with E-state index in [2.05, 4.69) is 5.32 Å². The quantitative estimate of drug-likeness (QED) is 0.744. The molecule has 3 rings (SSSR count). The van der Waals surface area contributed by atoms with E-state index in [9.17, 15) is 22.8 Å². The summed E-state index contributed by atoms with van der Waals surface area (Å²) in [5.41, 5.74) is -0.309. The smallest absolute Gasteiger partial charge is 0.416 e. The van der Waals surface area contributed by atoms with Gasteiger partial charge in [-0.1, -0.05) is 6.07 Å². The number of likely N-dealkylation sites (tertiary alicyclic amines) is 1. The highest BCUT2D eigenvalue weighted by atomic mass is 19.4. The molecule has 0 bridgehead atoms. The van der Waals surface area contributed by atoms with E-state index in [1.165, 1.54) is 12.1 Å². The molecule has 0 saturated carbocycles. The molecule has 1 fully saturated rings. The van der Waals surface area contributed by atoms with Crippen LogP contribution in [0.2, 0.25) is 0 Å². The first-order chi connectivity index (χ1) is 14.8. The SMILES string of the molecule is COC1CCN(C(=O)c2ccc(OCC(=O)Nc3cccc(C(F)(F)F)c3)cc2)CC1. The average molecular weight is 436 g/mol. The second-order valence-corrected chi connectivity index (χ2v) is 7.17. The van der Waals surface area contributed by atoms with Crippen LogP contribution in [-0.4, -0.2) is 49.6 Å². The Bertz CT molecular complexity index is 908. The molecule has 0 spiro atoms. The van der Waals surface area contributed by atoms with E-state index < -0.39 is 17.6 Å². The number of rotatable bonds is 6. The standard InChI is InChI=1S/C22H23F3N2O4/c1-30-18-9-11-27(12-10-18)21(29)15-5-7-19(8-6-15)31-14-20(28)26-17-4-2-3-16(13-17)22(23,24)25/h2-8,13,18H,9-12,14H2,1H3,(H,26,28). The molecule has 0 aromatic heterocycles. The van der Waals surface area contributed by atoms with Crippen LogP contribution in [0.1, 0.15) is 28.8 Å². The third kappa shape index (κ3) is 6.21. The number of carbonyl (C=O) groups excluding carboxylic acids is 2. The molecule has 31 heavy (non-hydrogen) atoms. The lowest BCUT2D eigenvalue weighted by molar-refractivity contribution is -0.137. The van der Waals surface area contributed by atoms with Gasteiger partial charge in [0.15, 0.2) is 6.61 Å². The molecule has 6 nitrogen and oxygen atoms in total. The fourth-order valence-electron chi connectivity index (χ4n) is 3.29. The first-order valence-electron chi connectivity index (χ1n) is 9.78. The van der Waals surface area contributed by atoms with Crippen LogP contribution in [0.15, 0.2) is 48.5 Å². The Kier molecular flexibility index (Phi) is 7.17. The molecule has 9 heteroatoms. The highest BCUT2D eigenvalue weighted by Gasteiger charge is 2.30. The third-order valence-electron chi connectivity index (χ3n) is 5.01. The van der Waals surface area contributed by atoms with Crippen molar-refractivity contribution in [3.05, 3.63) is 59.7 Å². The van der Waals surface area contributed by atoms with Crippen molar-refractivity contribution in [2.75, 3.05) is 32.1 Å². The van der Waals surface area contributed by atoms with Gasteiger partial charge in [0.25, 0.3) is 11.8 Å². The monoisotopic (exact) mass is 436 g/mol. The van der Waals surface area contributed by atoms with Gasteiger partial charge in [0.1, 0.15) is 5.75 Å². The van der Waals surface area contributed by atoms with Crippen LogP contribution in [-0.2, 0) is 15.7 Å². The minimum atomic E-state index is -4.49. The lowest BCUT2D eigenvalue weighted by atomic mass is 10.1. The lowest BCUT2D eigenvalue weighted by Crippen LogP contribution is -2.40. The number of piperidine rings is 1. The Morgan fingerprint density at radius 3 is 2.39 bits per heavy atom. The number of nitrogens with zero attached hydrogens (tertiary/aromatic N) is 1. The summed E-state index contributed by atoms with van der Waals surface area (Å²) in [6.45, 7) is 0.880. The van der Waals surface area contributed by atoms with Crippen molar-refractivity contribution in [2.24, 2.45) is 0 Å².